The molecule has 9 heteroatoms. The fraction of sp³-hybridized carbons (Fsp3) is 0.444. The number of nitrogens with zero attached hydrogens (tertiary/aromatic N) is 2. The van der Waals surface area contributed by atoms with Crippen molar-refractivity contribution in [3.63, 3.8) is 0 Å². The number of thioether (sulfide) groups is 1. The van der Waals surface area contributed by atoms with Gasteiger partial charge in [0.1, 0.15) is 12.4 Å². The fourth-order valence-electron chi connectivity index (χ4n) is 2.47. The van der Waals surface area contributed by atoms with E-state index in [1.165, 1.54) is 6.92 Å². The minimum Gasteiger partial charge on any atom is -0.451 e. The van der Waals surface area contributed by atoms with Crippen molar-refractivity contribution in [2.75, 3.05) is 6.26 Å². The van der Waals surface area contributed by atoms with Gasteiger partial charge in [0.05, 0.1) is 16.8 Å². The number of carbonyl (C=O) groups excluding carboxylic acids is 3. The lowest BCUT2D eigenvalue weighted by molar-refractivity contribution is -0.155. The highest BCUT2D eigenvalue weighted by Crippen LogP contribution is 2.19. The summed E-state index contributed by atoms with van der Waals surface area (Å²) >= 11 is 1.60. The molecule has 8 nitrogen and oxygen atoms in total. The van der Waals surface area contributed by atoms with E-state index in [2.05, 4.69) is 15.6 Å². The number of para-hydroxylation sites is 2. The van der Waals surface area contributed by atoms with Gasteiger partial charge >= 0.3 is 12.0 Å². The number of nitrogens with one attached hydrogen (secondary N) is 2. The van der Waals surface area contributed by atoms with E-state index >= 15 is 0 Å². The van der Waals surface area contributed by atoms with Crippen LogP contribution in [0.25, 0.3) is 11.0 Å². The maximum atomic E-state index is 12.3. The van der Waals surface area contributed by atoms with E-state index in [-0.39, 0.29) is 12.6 Å². The number of rotatable bonds is 7. The first-order valence-corrected chi connectivity index (χ1v) is 9.95. The first kappa shape index (κ1) is 20.8. The van der Waals surface area contributed by atoms with Crippen LogP contribution in [0.1, 0.15) is 26.6 Å². The molecule has 0 saturated carbocycles. The molecule has 1 aromatic heterocycles. The van der Waals surface area contributed by atoms with Gasteiger partial charge in [0.2, 0.25) is 0 Å². The first-order chi connectivity index (χ1) is 12.8. The molecule has 0 aliphatic heterocycles. The van der Waals surface area contributed by atoms with Gasteiger partial charge in [-0.1, -0.05) is 12.1 Å². The third-order valence-electron chi connectivity index (χ3n) is 3.63. The zero-order valence-electron chi connectivity index (χ0n) is 15.8. The Balaban J connectivity index is 2.03. The SMILES string of the molecule is CSCc1nc2ccccc2n1CC(=O)O[C@@H](C)C(=O)NC(=O)NC(C)C. The number of benzene rings is 1. The lowest BCUT2D eigenvalue weighted by Gasteiger charge is -2.15. The topological polar surface area (TPSA) is 102 Å². The van der Waals surface area contributed by atoms with Crippen molar-refractivity contribution in [3.8, 4) is 0 Å². The molecule has 0 fully saturated rings. The quantitative estimate of drug-likeness (QED) is 0.700. The molecule has 0 bridgehead atoms. The molecule has 0 radical (unpaired) electrons. The van der Waals surface area contributed by atoms with Crippen LogP contribution in [-0.2, 0) is 26.6 Å². The summed E-state index contributed by atoms with van der Waals surface area (Å²) in [6.07, 6.45) is 0.866. The zero-order chi connectivity index (χ0) is 20.0. The summed E-state index contributed by atoms with van der Waals surface area (Å²) in [4.78, 5) is 40.4. The van der Waals surface area contributed by atoms with Gasteiger partial charge in [-0.3, -0.25) is 14.9 Å². The zero-order valence-corrected chi connectivity index (χ0v) is 16.6. The average Bonchev–Trinajstić information content (AvgIpc) is 2.92. The van der Waals surface area contributed by atoms with Gasteiger partial charge in [-0.05, 0) is 39.2 Å². The Morgan fingerprint density at radius 3 is 2.59 bits per heavy atom. The van der Waals surface area contributed by atoms with Crippen LogP contribution in [0.2, 0.25) is 0 Å². The Hall–Kier alpha value is -2.55. The molecule has 146 valence electrons. The molecule has 2 rings (SSSR count). The summed E-state index contributed by atoms with van der Waals surface area (Å²) in [5.74, 6) is 0.149. The maximum absolute atomic E-state index is 12.3. The molecular formula is C18H24N4O4S. The highest BCUT2D eigenvalue weighted by molar-refractivity contribution is 7.97. The van der Waals surface area contributed by atoms with Crippen molar-refractivity contribution in [2.45, 2.75) is 45.2 Å². The first-order valence-electron chi connectivity index (χ1n) is 8.55. The van der Waals surface area contributed by atoms with E-state index in [9.17, 15) is 14.4 Å². The van der Waals surface area contributed by atoms with Crippen molar-refractivity contribution < 1.29 is 19.1 Å². The van der Waals surface area contributed by atoms with Crippen molar-refractivity contribution in [1.82, 2.24) is 20.2 Å². The number of urea groups is 1. The second-order valence-corrected chi connectivity index (χ2v) is 7.15. The predicted octanol–water partition coefficient (Wildman–Crippen LogP) is 2.07. The van der Waals surface area contributed by atoms with Gasteiger partial charge in [0.15, 0.2) is 6.10 Å². The molecule has 0 spiro atoms. The smallest absolute Gasteiger partial charge is 0.326 e. The molecule has 2 aromatic rings. The minimum atomic E-state index is -1.09. The number of aromatic nitrogens is 2. The molecule has 0 aliphatic carbocycles. The number of hydrogen-bond donors (Lipinski definition) is 2. The van der Waals surface area contributed by atoms with E-state index in [4.69, 9.17) is 4.74 Å². The molecule has 1 heterocycles. The number of imide groups is 1. The van der Waals surface area contributed by atoms with E-state index in [1.54, 1.807) is 30.2 Å². The molecule has 0 aliphatic rings. The molecule has 1 aromatic carbocycles. The monoisotopic (exact) mass is 392 g/mol. The Morgan fingerprint density at radius 2 is 1.93 bits per heavy atom. The third-order valence-corrected chi connectivity index (χ3v) is 4.18. The molecule has 0 saturated heterocycles. The normalized spacial score (nSPS) is 12.0. The Morgan fingerprint density at radius 1 is 1.22 bits per heavy atom. The third kappa shape index (κ3) is 5.72. The van der Waals surface area contributed by atoms with Crippen LogP contribution in [0.4, 0.5) is 4.79 Å². The van der Waals surface area contributed by atoms with E-state index in [0.717, 1.165) is 16.9 Å². The summed E-state index contributed by atoms with van der Waals surface area (Å²) in [6, 6.07) is 6.78. The fourth-order valence-corrected chi connectivity index (χ4v) is 2.95. The van der Waals surface area contributed by atoms with Crippen LogP contribution in [0.15, 0.2) is 24.3 Å². The Labute approximate surface area is 162 Å². The van der Waals surface area contributed by atoms with Crippen LogP contribution in [0, 0.1) is 0 Å². The maximum Gasteiger partial charge on any atom is 0.326 e. The number of carbonyl (C=O) groups is 3. The van der Waals surface area contributed by atoms with Crippen LogP contribution in [0.3, 0.4) is 0 Å². The van der Waals surface area contributed by atoms with Gasteiger partial charge in [-0.25, -0.2) is 9.78 Å². The van der Waals surface area contributed by atoms with Crippen LogP contribution >= 0.6 is 11.8 Å². The number of imidazole rings is 1. The number of ether oxygens (including phenoxy) is 1. The highest BCUT2D eigenvalue weighted by atomic mass is 32.2. The minimum absolute atomic E-state index is 0.0633. The van der Waals surface area contributed by atoms with Gasteiger partial charge in [-0.2, -0.15) is 11.8 Å². The van der Waals surface area contributed by atoms with E-state index in [0.29, 0.717) is 5.75 Å². The summed E-state index contributed by atoms with van der Waals surface area (Å²) in [5, 5.41) is 4.68. The number of esters is 1. The lowest BCUT2D eigenvalue weighted by atomic mass is 10.3. The van der Waals surface area contributed by atoms with Crippen LogP contribution in [0.5, 0.6) is 0 Å². The molecule has 3 amide bonds. The highest BCUT2D eigenvalue weighted by Gasteiger charge is 2.21. The Kier molecular flexibility index (Phi) is 7.23. The Bertz CT molecular complexity index is 834. The van der Waals surface area contributed by atoms with Crippen molar-refractivity contribution in [1.29, 1.82) is 0 Å². The summed E-state index contributed by atoms with van der Waals surface area (Å²) < 4.78 is 6.97. The van der Waals surface area contributed by atoms with Crippen molar-refractivity contribution >= 4 is 40.7 Å². The molecular weight excluding hydrogens is 368 g/mol. The summed E-state index contributed by atoms with van der Waals surface area (Å²) in [7, 11) is 0. The summed E-state index contributed by atoms with van der Waals surface area (Å²) in [5.41, 5.74) is 1.62. The van der Waals surface area contributed by atoms with Crippen molar-refractivity contribution in [3.05, 3.63) is 30.1 Å². The average molecular weight is 392 g/mol. The van der Waals surface area contributed by atoms with E-state index in [1.807, 2.05) is 30.5 Å². The second kappa shape index (κ2) is 9.40. The summed E-state index contributed by atoms with van der Waals surface area (Å²) in [6.45, 7) is 4.90. The van der Waals surface area contributed by atoms with Crippen molar-refractivity contribution in [2.24, 2.45) is 0 Å². The van der Waals surface area contributed by atoms with Gasteiger partial charge in [0.25, 0.3) is 5.91 Å². The van der Waals surface area contributed by atoms with Gasteiger partial charge in [-0.15, -0.1) is 0 Å². The standard InChI is InChI=1S/C18H24N4O4S/c1-11(2)19-18(25)21-17(24)12(3)26-16(23)9-22-14-8-6-5-7-13(14)20-15(22)10-27-4/h5-8,11-12H,9-10H2,1-4H3,(H2,19,21,24,25)/t12-/m0/s1. The molecule has 2 N–H and O–H groups in total. The van der Waals surface area contributed by atoms with Gasteiger partial charge < -0.3 is 14.6 Å². The van der Waals surface area contributed by atoms with Gasteiger partial charge in [0, 0.05) is 6.04 Å². The second-order valence-electron chi connectivity index (χ2n) is 6.29. The van der Waals surface area contributed by atoms with E-state index < -0.39 is 24.0 Å². The lowest BCUT2D eigenvalue weighted by Crippen LogP contribution is -2.46. The molecule has 0 unspecified atom stereocenters. The van der Waals surface area contributed by atoms with Crippen LogP contribution < -0.4 is 10.6 Å². The largest absolute Gasteiger partial charge is 0.451 e. The molecule has 27 heavy (non-hydrogen) atoms. The predicted molar refractivity (Wildman–Crippen MR) is 104 cm³/mol. The van der Waals surface area contributed by atoms with Crippen LogP contribution in [-0.4, -0.2) is 45.9 Å². The number of hydrogen-bond acceptors (Lipinski definition) is 6. The number of amides is 3. The number of fused-ring (bicyclic) bond motifs is 1. The molecule has 1 atom stereocenters.